The van der Waals surface area contributed by atoms with E-state index in [1.807, 2.05) is 0 Å². The van der Waals surface area contributed by atoms with Crippen LogP contribution in [0.15, 0.2) is 22.7 Å². The van der Waals surface area contributed by atoms with Gasteiger partial charge in [-0.3, -0.25) is 0 Å². The highest BCUT2D eigenvalue weighted by atomic mass is 35.5. The average molecular weight is 358 g/mol. The van der Waals surface area contributed by atoms with Crippen molar-refractivity contribution < 1.29 is 14.0 Å². The number of nitrogens with zero attached hydrogens (tertiary/aromatic N) is 2. The van der Waals surface area contributed by atoms with Crippen molar-refractivity contribution in [2.75, 3.05) is 13.2 Å². The SMILES string of the molecule is NC(c1nc(COc2ccc(Cl)cc2Cl)no1)C1CCOCC1. The van der Waals surface area contributed by atoms with Crippen LogP contribution >= 0.6 is 23.2 Å². The summed E-state index contributed by atoms with van der Waals surface area (Å²) < 4.78 is 16.2. The lowest BCUT2D eigenvalue weighted by Gasteiger charge is -2.25. The minimum atomic E-state index is -0.278. The molecule has 2 aromatic rings. The predicted molar refractivity (Wildman–Crippen MR) is 85.6 cm³/mol. The molecule has 2 heterocycles. The summed E-state index contributed by atoms with van der Waals surface area (Å²) in [7, 11) is 0. The van der Waals surface area contributed by atoms with Crippen molar-refractivity contribution in [2.45, 2.75) is 25.5 Å². The lowest BCUT2D eigenvalue weighted by atomic mass is 9.92. The second-order valence-corrected chi connectivity index (χ2v) is 6.23. The monoisotopic (exact) mass is 357 g/mol. The highest BCUT2D eigenvalue weighted by molar-refractivity contribution is 6.35. The van der Waals surface area contributed by atoms with Gasteiger partial charge in [0.1, 0.15) is 5.75 Å². The first-order valence-corrected chi connectivity index (χ1v) is 8.12. The van der Waals surface area contributed by atoms with Gasteiger partial charge in [-0.2, -0.15) is 4.98 Å². The Morgan fingerprint density at radius 2 is 2.09 bits per heavy atom. The summed E-state index contributed by atoms with van der Waals surface area (Å²) in [6.07, 6.45) is 1.80. The molecule has 1 saturated heterocycles. The van der Waals surface area contributed by atoms with Crippen LogP contribution in [0, 0.1) is 5.92 Å². The zero-order chi connectivity index (χ0) is 16.2. The van der Waals surface area contributed by atoms with Crippen molar-refractivity contribution in [1.82, 2.24) is 10.1 Å². The molecule has 3 rings (SSSR count). The minimum absolute atomic E-state index is 0.144. The van der Waals surface area contributed by atoms with Crippen LogP contribution in [-0.2, 0) is 11.3 Å². The maximum atomic E-state index is 6.20. The Labute approximate surface area is 143 Å². The normalized spacial score (nSPS) is 17.2. The largest absolute Gasteiger partial charge is 0.484 e. The molecule has 1 unspecified atom stereocenters. The van der Waals surface area contributed by atoms with Crippen molar-refractivity contribution in [2.24, 2.45) is 11.7 Å². The smallest absolute Gasteiger partial charge is 0.243 e. The highest BCUT2D eigenvalue weighted by Crippen LogP contribution is 2.29. The van der Waals surface area contributed by atoms with E-state index in [1.54, 1.807) is 18.2 Å². The third-order valence-electron chi connectivity index (χ3n) is 3.79. The van der Waals surface area contributed by atoms with Gasteiger partial charge >= 0.3 is 0 Å². The van der Waals surface area contributed by atoms with Gasteiger partial charge in [0.25, 0.3) is 0 Å². The van der Waals surface area contributed by atoms with Crippen molar-refractivity contribution in [1.29, 1.82) is 0 Å². The molecule has 1 aromatic heterocycles. The van der Waals surface area contributed by atoms with Crippen molar-refractivity contribution in [3.8, 4) is 5.75 Å². The lowest BCUT2D eigenvalue weighted by molar-refractivity contribution is 0.0546. The number of benzene rings is 1. The van der Waals surface area contributed by atoms with E-state index in [1.165, 1.54) is 0 Å². The van der Waals surface area contributed by atoms with Gasteiger partial charge in [-0.1, -0.05) is 28.4 Å². The van der Waals surface area contributed by atoms with E-state index in [0.717, 1.165) is 26.1 Å². The zero-order valence-corrected chi connectivity index (χ0v) is 13.9. The summed E-state index contributed by atoms with van der Waals surface area (Å²) >= 11 is 11.9. The van der Waals surface area contributed by atoms with Crippen LogP contribution < -0.4 is 10.5 Å². The molecule has 0 spiro atoms. The fraction of sp³-hybridized carbons (Fsp3) is 0.467. The Kier molecular flexibility index (Phi) is 5.38. The minimum Gasteiger partial charge on any atom is -0.484 e. The third kappa shape index (κ3) is 4.14. The third-order valence-corrected chi connectivity index (χ3v) is 4.32. The van der Waals surface area contributed by atoms with E-state index >= 15 is 0 Å². The van der Waals surface area contributed by atoms with Crippen LogP contribution in [0.3, 0.4) is 0 Å². The molecule has 0 amide bonds. The molecule has 0 aliphatic carbocycles. The maximum Gasteiger partial charge on any atom is 0.243 e. The summed E-state index contributed by atoms with van der Waals surface area (Å²) in [5.41, 5.74) is 6.20. The second kappa shape index (κ2) is 7.49. The molecule has 1 aliphatic rings. The standard InChI is InChI=1S/C15H17Cl2N3O3/c16-10-1-2-12(11(17)7-10)22-8-13-19-15(23-20-13)14(18)9-3-5-21-6-4-9/h1-2,7,9,14H,3-6,8,18H2. The molecule has 1 fully saturated rings. The van der Waals surface area contributed by atoms with Crippen LogP contribution in [0.1, 0.15) is 30.6 Å². The van der Waals surface area contributed by atoms with Gasteiger partial charge in [0.05, 0.1) is 11.1 Å². The van der Waals surface area contributed by atoms with Gasteiger partial charge in [0.2, 0.25) is 11.7 Å². The van der Waals surface area contributed by atoms with Crippen LogP contribution in [0.4, 0.5) is 0 Å². The number of halogens is 2. The molecule has 8 heteroatoms. The van der Waals surface area contributed by atoms with E-state index in [-0.39, 0.29) is 12.6 Å². The molecule has 6 nitrogen and oxygen atoms in total. The Hall–Kier alpha value is -1.34. The van der Waals surface area contributed by atoms with E-state index in [9.17, 15) is 0 Å². The lowest BCUT2D eigenvalue weighted by Crippen LogP contribution is -2.27. The fourth-order valence-corrected chi connectivity index (χ4v) is 2.94. The highest BCUT2D eigenvalue weighted by Gasteiger charge is 2.26. The van der Waals surface area contributed by atoms with Crippen LogP contribution in [0.2, 0.25) is 10.0 Å². The average Bonchev–Trinajstić information content (AvgIpc) is 3.03. The van der Waals surface area contributed by atoms with E-state index < -0.39 is 0 Å². The summed E-state index contributed by atoms with van der Waals surface area (Å²) in [5, 5.41) is 4.88. The molecule has 1 aromatic carbocycles. The second-order valence-electron chi connectivity index (χ2n) is 5.39. The Bertz CT molecular complexity index is 659. The molecule has 1 aliphatic heterocycles. The number of hydrogen-bond donors (Lipinski definition) is 1. The maximum absolute atomic E-state index is 6.20. The van der Waals surface area contributed by atoms with Gasteiger partial charge in [0, 0.05) is 18.2 Å². The van der Waals surface area contributed by atoms with E-state index in [4.69, 9.17) is 42.9 Å². The van der Waals surface area contributed by atoms with Crippen molar-refractivity contribution in [3.63, 3.8) is 0 Å². The van der Waals surface area contributed by atoms with Gasteiger partial charge in [-0.05, 0) is 37.0 Å². The molecule has 1 atom stereocenters. The molecule has 0 saturated carbocycles. The van der Waals surface area contributed by atoms with Gasteiger partial charge < -0.3 is 19.7 Å². The molecule has 23 heavy (non-hydrogen) atoms. The molecular weight excluding hydrogens is 341 g/mol. The number of ether oxygens (including phenoxy) is 2. The Balaban J connectivity index is 1.60. The van der Waals surface area contributed by atoms with E-state index in [2.05, 4.69) is 10.1 Å². The fourth-order valence-electron chi connectivity index (χ4n) is 2.47. The molecule has 2 N–H and O–H groups in total. The molecule has 0 radical (unpaired) electrons. The van der Waals surface area contributed by atoms with Crippen molar-refractivity contribution in [3.05, 3.63) is 40.0 Å². The van der Waals surface area contributed by atoms with Crippen LogP contribution in [0.25, 0.3) is 0 Å². The number of rotatable bonds is 5. The van der Waals surface area contributed by atoms with Crippen molar-refractivity contribution >= 4 is 23.2 Å². The molecular formula is C15H17Cl2N3O3. The number of hydrogen-bond acceptors (Lipinski definition) is 6. The zero-order valence-electron chi connectivity index (χ0n) is 12.4. The quantitative estimate of drug-likeness (QED) is 0.882. The first kappa shape index (κ1) is 16.5. The van der Waals surface area contributed by atoms with Crippen LogP contribution in [-0.4, -0.2) is 23.4 Å². The Morgan fingerprint density at radius 3 is 2.83 bits per heavy atom. The summed E-state index contributed by atoms with van der Waals surface area (Å²) in [5.74, 6) is 1.66. The first-order valence-electron chi connectivity index (χ1n) is 7.37. The summed E-state index contributed by atoms with van der Waals surface area (Å²) in [4.78, 5) is 4.31. The summed E-state index contributed by atoms with van der Waals surface area (Å²) in [6.45, 7) is 1.58. The van der Waals surface area contributed by atoms with Gasteiger partial charge in [-0.15, -0.1) is 0 Å². The number of aromatic nitrogens is 2. The Morgan fingerprint density at radius 1 is 1.30 bits per heavy atom. The van der Waals surface area contributed by atoms with Gasteiger partial charge in [-0.25, -0.2) is 0 Å². The molecule has 124 valence electrons. The summed E-state index contributed by atoms with van der Waals surface area (Å²) in [6, 6.07) is 4.73. The first-order chi connectivity index (χ1) is 11.1. The molecule has 0 bridgehead atoms. The van der Waals surface area contributed by atoms with Crippen LogP contribution in [0.5, 0.6) is 5.75 Å². The van der Waals surface area contributed by atoms with E-state index in [0.29, 0.717) is 33.4 Å². The topological polar surface area (TPSA) is 83.4 Å². The number of nitrogens with two attached hydrogens (primary N) is 1. The van der Waals surface area contributed by atoms with Gasteiger partial charge in [0.15, 0.2) is 6.61 Å². The predicted octanol–water partition coefficient (Wildman–Crippen LogP) is 3.38.